The van der Waals surface area contributed by atoms with Gasteiger partial charge in [-0.1, -0.05) is 30.3 Å². The Labute approximate surface area is 280 Å². The molecule has 1 unspecified atom stereocenters. The molecule has 0 spiro atoms. The fourth-order valence-electron chi connectivity index (χ4n) is 6.37. The molecule has 3 N–H and O–H groups in total. The van der Waals surface area contributed by atoms with Crippen LogP contribution < -0.4 is 11.1 Å². The van der Waals surface area contributed by atoms with Crippen LogP contribution in [0.5, 0.6) is 0 Å². The van der Waals surface area contributed by atoms with Gasteiger partial charge in [0, 0.05) is 54.6 Å². The van der Waals surface area contributed by atoms with Crippen molar-refractivity contribution in [3.8, 4) is 11.1 Å². The van der Waals surface area contributed by atoms with Crippen molar-refractivity contribution < 1.29 is 32.3 Å². The number of halogens is 3. The van der Waals surface area contributed by atoms with E-state index in [1.807, 2.05) is 35.8 Å². The molecule has 1 aliphatic rings. The summed E-state index contributed by atoms with van der Waals surface area (Å²) in [6, 6.07) is 16.9. The maximum Gasteiger partial charge on any atom is 0.251 e. The highest BCUT2D eigenvalue weighted by Gasteiger charge is 2.31. The van der Waals surface area contributed by atoms with Gasteiger partial charge in [0.1, 0.15) is 24.0 Å². The summed E-state index contributed by atoms with van der Waals surface area (Å²) >= 11 is 0. The van der Waals surface area contributed by atoms with E-state index < -0.39 is 35.3 Å². The number of methoxy groups -OCH3 is 1. The molecular formula is C37H34F3N5O4. The molecule has 9 nitrogen and oxygen atoms in total. The van der Waals surface area contributed by atoms with E-state index in [4.69, 9.17) is 10.5 Å². The van der Waals surface area contributed by atoms with Crippen LogP contribution >= 0.6 is 0 Å². The number of ether oxygens (including phenoxy) is 1. The van der Waals surface area contributed by atoms with Gasteiger partial charge >= 0.3 is 0 Å². The highest BCUT2D eigenvalue weighted by Crippen LogP contribution is 2.31. The summed E-state index contributed by atoms with van der Waals surface area (Å²) in [6.45, 7) is 2.79. The number of likely N-dealkylation sites (tertiary alicyclic amines) is 1. The number of pyridine rings is 1. The fourth-order valence-corrected chi connectivity index (χ4v) is 6.37. The average molecular weight is 670 g/mol. The second-order valence-electron chi connectivity index (χ2n) is 12.1. The standard InChI is InChI=1S/C37H34F3N5O4/c1-21-29(17-35(47)44-18-26(19-44)49-2)28-6-3-4-8-33(28)45(21)20-34(46)43-32(14-22-12-24(38)16-25(39)13-22)36-27(7-5-11-42-36)23-9-10-31(40)30(15-23)37(41)48/h3-13,15-16,26,32H,14,17-20H2,1-2H3,(H2,41,48)(H,43,46). The Morgan fingerprint density at radius 1 is 1.00 bits per heavy atom. The minimum absolute atomic E-state index is 0.0276. The number of carbonyl (C=O) groups excluding carboxylic acids is 3. The number of carbonyl (C=O) groups is 3. The van der Waals surface area contributed by atoms with Gasteiger partial charge in [0.2, 0.25) is 11.8 Å². The third-order valence-electron chi connectivity index (χ3n) is 8.93. The Balaban J connectivity index is 1.33. The minimum Gasteiger partial charge on any atom is -0.378 e. The first kappa shape index (κ1) is 33.4. The van der Waals surface area contributed by atoms with Crippen LogP contribution in [-0.2, 0) is 33.7 Å². The number of nitrogens with two attached hydrogens (primary N) is 1. The second-order valence-corrected chi connectivity index (χ2v) is 12.1. The molecule has 12 heteroatoms. The van der Waals surface area contributed by atoms with E-state index in [1.54, 1.807) is 24.1 Å². The molecule has 0 saturated carbocycles. The van der Waals surface area contributed by atoms with E-state index in [2.05, 4.69) is 10.3 Å². The molecule has 3 heterocycles. The molecule has 1 aliphatic heterocycles. The van der Waals surface area contributed by atoms with Gasteiger partial charge in [-0.05, 0) is 66.4 Å². The molecular weight excluding hydrogens is 635 g/mol. The third-order valence-corrected chi connectivity index (χ3v) is 8.93. The van der Waals surface area contributed by atoms with Crippen LogP contribution in [0.4, 0.5) is 13.2 Å². The van der Waals surface area contributed by atoms with Gasteiger partial charge in [0.05, 0.1) is 29.8 Å². The molecule has 6 rings (SSSR count). The predicted octanol–water partition coefficient (Wildman–Crippen LogP) is 5.03. The van der Waals surface area contributed by atoms with Gasteiger partial charge in [-0.15, -0.1) is 0 Å². The number of primary amides is 1. The van der Waals surface area contributed by atoms with Gasteiger partial charge in [-0.25, -0.2) is 13.2 Å². The van der Waals surface area contributed by atoms with Crippen molar-refractivity contribution in [2.24, 2.45) is 5.73 Å². The summed E-state index contributed by atoms with van der Waals surface area (Å²) in [6.07, 6.45) is 1.65. The van der Waals surface area contributed by atoms with Crippen LogP contribution in [0.15, 0.2) is 79.0 Å². The number of benzene rings is 3. The molecule has 0 aliphatic carbocycles. The summed E-state index contributed by atoms with van der Waals surface area (Å²) in [4.78, 5) is 45.2. The molecule has 1 atom stereocenters. The molecule has 3 aromatic carbocycles. The molecule has 0 radical (unpaired) electrons. The number of nitrogens with zero attached hydrogens (tertiary/aromatic N) is 3. The molecule has 49 heavy (non-hydrogen) atoms. The zero-order valence-electron chi connectivity index (χ0n) is 26.9. The molecule has 1 fully saturated rings. The Morgan fingerprint density at radius 2 is 1.73 bits per heavy atom. The lowest BCUT2D eigenvalue weighted by Gasteiger charge is -2.38. The lowest BCUT2D eigenvalue weighted by Crippen LogP contribution is -2.54. The van der Waals surface area contributed by atoms with Crippen LogP contribution in [0.3, 0.4) is 0 Å². The lowest BCUT2D eigenvalue weighted by molar-refractivity contribution is -0.142. The average Bonchev–Trinajstić information content (AvgIpc) is 3.29. The number of fused-ring (bicyclic) bond motifs is 1. The highest BCUT2D eigenvalue weighted by molar-refractivity contribution is 5.95. The van der Waals surface area contributed by atoms with Crippen molar-refractivity contribution in [2.45, 2.75) is 38.5 Å². The van der Waals surface area contributed by atoms with Gasteiger partial charge in [0.25, 0.3) is 5.91 Å². The summed E-state index contributed by atoms with van der Waals surface area (Å²) in [5, 5.41) is 3.85. The number of nitrogens with one attached hydrogen (secondary N) is 1. The van der Waals surface area contributed by atoms with Crippen LogP contribution in [0, 0.1) is 24.4 Å². The summed E-state index contributed by atoms with van der Waals surface area (Å²) < 4.78 is 50.1. The first-order valence-electron chi connectivity index (χ1n) is 15.7. The zero-order valence-corrected chi connectivity index (χ0v) is 26.9. The molecule has 5 aromatic rings. The van der Waals surface area contributed by atoms with E-state index >= 15 is 0 Å². The van der Waals surface area contributed by atoms with Crippen molar-refractivity contribution >= 4 is 28.6 Å². The largest absolute Gasteiger partial charge is 0.378 e. The van der Waals surface area contributed by atoms with E-state index in [0.29, 0.717) is 29.9 Å². The van der Waals surface area contributed by atoms with Gasteiger partial charge in [-0.2, -0.15) is 0 Å². The number of aromatic nitrogens is 2. The van der Waals surface area contributed by atoms with E-state index in [-0.39, 0.29) is 42.5 Å². The van der Waals surface area contributed by atoms with Crippen LogP contribution in [0.2, 0.25) is 0 Å². The number of para-hydroxylation sites is 1. The van der Waals surface area contributed by atoms with Crippen molar-refractivity contribution in [3.05, 3.63) is 125 Å². The zero-order chi connectivity index (χ0) is 34.8. The van der Waals surface area contributed by atoms with Crippen molar-refractivity contribution in [1.29, 1.82) is 0 Å². The molecule has 3 amide bonds. The van der Waals surface area contributed by atoms with Gasteiger partial charge in [0.15, 0.2) is 0 Å². The number of hydrogen-bond acceptors (Lipinski definition) is 5. The Morgan fingerprint density at radius 3 is 2.45 bits per heavy atom. The molecule has 1 saturated heterocycles. The second kappa shape index (κ2) is 13.9. The topological polar surface area (TPSA) is 120 Å². The monoisotopic (exact) mass is 669 g/mol. The SMILES string of the molecule is COC1CN(C(=O)Cc2c(C)n(CC(=O)NC(Cc3cc(F)cc(F)c3)c3ncccc3-c3ccc(F)c(C(N)=O)c3)c3ccccc23)C1. The van der Waals surface area contributed by atoms with Gasteiger partial charge < -0.3 is 25.3 Å². The predicted molar refractivity (Wildman–Crippen MR) is 177 cm³/mol. The summed E-state index contributed by atoms with van der Waals surface area (Å²) in [7, 11) is 1.62. The van der Waals surface area contributed by atoms with E-state index in [9.17, 15) is 27.6 Å². The van der Waals surface area contributed by atoms with E-state index in [1.165, 1.54) is 30.5 Å². The highest BCUT2D eigenvalue weighted by atomic mass is 19.1. The smallest absolute Gasteiger partial charge is 0.251 e. The van der Waals surface area contributed by atoms with Crippen LogP contribution in [-0.4, -0.2) is 58.5 Å². The molecule has 2 aromatic heterocycles. The van der Waals surface area contributed by atoms with Crippen molar-refractivity contribution in [3.63, 3.8) is 0 Å². The maximum absolute atomic E-state index is 14.4. The van der Waals surface area contributed by atoms with Crippen LogP contribution in [0.1, 0.15) is 38.9 Å². The van der Waals surface area contributed by atoms with E-state index in [0.717, 1.165) is 34.3 Å². The normalized spacial score (nSPS) is 13.7. The number of rotatable bonds is 11. The van der Waals surface area contributed by atoms with Crippen molar-refractivity contribution in [1.82, 2.24) is 19.8 Å². The Kier molecular flexibility index (Phi) is 9.50. The molecule has 0 bridgehead atoms. The molecule has 252 valence electrons. The quantitative estimate of drug-likeness (QED) is 0.205. The lowest BCUT2D eigenvalue weighted by atomic mass is 9.94. The Hall–Kier alpha value is -5.49. The fraction of sp³-hybridized carbons (Fsp3) is 0.243. The minimum atomic E-state index is -0.954. The summed E-state index contributed by atoms with van der Waals surface area (Å²) in [5.74, 6) is -3.76. The third kappa shape index (κ3) is 7.05. The number of hydrogen-bond donors (Lipinski definition) is 2. The Bertz CT molecular complexity index is 2050. The number of amides is 3. The van der Waals surface area contributed by atoms with Crippen LogP contribution in [0.25, 0.3) is 22.0 Å². The summed E-state index contributed by atoms with van der Waals surface area (Å²) in [5.41, 5.74) is 8.86. The maximum atomic E-state index is 14.4. The first-order valence-corrected chi connectivity index (χ1v) is 15.7. The van der Waals surface area contributed by atoms with Gasteiger partial charge in [-0.3, -0.25) is 19.4 Å². The first-order chi connectivity index (χ1) is 23.5. The van der Waals surface area contributed by atoms with Crippen molar-refractivity contribution in [2.75, 3.05) is 20.2 Å².